The topological polar surface area (TPSA) is 45.2 Å². The van der Waals surface area contributed by atoms with Crippen molar-refractivity contribution in [1.29, 1.82) is 0 Å². The lowest BCUT2D eigenvalue weighted by atomic mass is 9.77. The van der Waals surface area contributed by atoms with Crippen LogP contribution in [-0.2, 0) is 14.3 Å². The fraction of sp³-hybridized carbons (Fsp3) is 0.947. The molecule has 0 spiro atoms. The Kier molecular flexibility index (Phi) is 6.36. The number of nitrogens with zero attached hydrogens (tertiary/aromatic N) is 3. The van der Waals surface area contributed by atoms with Gasteiger partial charge < -0.3 is 19.3 Å². The van der Waals surface area contributed by atoms with E-state index in [0.29, 0.717) is 12.5 Å². The van der Waals surface area contributed by atoms with Gasteiger partial charge in [-0.1, -0.05) is 0 Å². The van der Waals surface area contributed by atoms with Gasteiger partial charge in [-0.15, -0.1) is 0 Å². The maximum absolute atomic E-state index is 12.8. The smallest absolute Gasteiger partial charge is 0.225 e. The lowest BCUT2D eigenvalue weighted by Gasteiger charge is -2.41. The zero-order valence-corrected chi connectivity index (χ0v) is 16.2. The van der Waals surface area contributed by atoms with Crippen LogP contribution in [0.1, 0.15) is 38.5 Å². The van der Waals surface area contributed by atoms with Crippen molar-refractivity contribution in [3.05, 3.63) is 0 Å². The van der Waals surface area contributed by atoms with Gasteiger partial charge in [0.15, 0.2) is 0 Å². The lowest BCUT2D eigenvalue weighted by molar-refractivity contribution is -0.144. The minimum absolute atomic E-state index is 0.176. The zero-order chi connectivity index (χ0) is 17.9. The third-order valence-corrected chi connectivity index (χ3v) is 6.35. The monoisotopic (exact) mass is 353 g/mol. The summed E-state index contributed by atoms with van der Waals surface area (Å²) in [5.41, 5.74) is -0.176. The second kappa shape index (κ2) is 8.33. The van der Waals surface area contributed by atoms with Crippen LogP contribution in [0.3, 0.4) is 0 Å². The van der Waals surface area contributed by atoms with Crippen LogP contribution in [0.15, 0.2) is 0 Å². The number of amides is 1. The number of likely N-dealkylation sites (N-methyl/N-ethyl adjacent to an activating group) is 1. The van der Waals surface area contributed by atoms with Gasteiger partial charge in [-0.25, -0.2) is 0 Å². The summed E-state index contributed by atoms with van der Waals surface area (Å²) in [4.78, 5) is 19.7. The van der Waals surface area contributed by atoms with E-state index < -0.39 is 0 Å². The zero-order valence-electron chi connectivity index (χ0n) is 16.2. The number of hydrogen-bond acceptors (Lipinski definition) is 5. The van der Waals surface area contributed by atoms with Crippen LogP contribution in [0.25, 0.3) is 0 Å². The molecule has 1 aliphatic carbocycles. The summed E-state index contributed by atoms with van der Waals surface area (Å²) < 4.78 is 11.7. The van der Waals surface area contributed by atoms with E-state index in [2.05, 4.69) is 28.8 Å². The molecule has 0 aromatic rings. The highest BCUT2D eigenvalue weighted by molar-refractivity contribution is 5.77. The Hall–Kier alpha value is -0.690. The summed E-state index contributed by atoms with van der Waals surface area (Å²) >= 11 is 0. The van der Waals surface area contributed by atoms with Crippen LogP contribution >= 0.6 is 0 Å². The largest absolute Gasteiger partial charge is 0.378 e. The summed E-state index contributed by atoms with van der Waals surface area (Å²) in [5, 5.41) is 0. The number of rotatable bonds is 6. The van der Waals surface area contributed by atoms with E-state index in [1.165, 1.54) is 6.42 Å². The third kappa shape index (κ3) is 4.54. The number of fused-ring (bicyclic) bond motifs is 1. The Balaban J connectivity index is 1.56. The molecular weight excluding hydrogens is 318 g/mol. The molecule has 2 saturated heterocycles. The number of methoxy groups -OCH3 is 1. The molecule has 0 bridgehead atoms. The van der Waals surface area contributed by atoms with Crippen molar-refractivity contribution in [2.24, 2.45) is 0 Å². The van der Waals surface area contributed by atoms with Crippen molar-refractivity contribution in [1.82, 2.24) is 14.7 Å². The standard InChI is InChI=1S/C19H35N3O3/c1-20(2)11-12-21-13-14-25-17-6-10-22(9-5-16(17)21)18(23)15-19(24-3)7-4-8-19/h16-17H,4-15H2,1-3H3. The molecule has 25 heavy (non-hydrogen) atoms. The molecular formula is C19H35N3O3. The van der Waals surface area contributed by atoms with E-state index >= 15 is 0 Å². The molecule has 2 atom stereocenters. The predicted molar refractivity (Wildman–Crippen MR) is 97.7 cm³/mol. The van der Waals surface area contributed by atoms with Gasteiger partial charge in [-0.3, -0.25) is 9.69 Å². The number of likely N-dealkylation sites (tertiary alicyclic amines) is 1. The van der Waals surface area contributed by atoms with Gasteiger partial charge in [0.1, 0.15) is 0 Å². The van der Waals surface area contributed by atoms with Gasteiger partial charge in [0, 0.05) is 45.9 Å². The molecule has 2 unspecified atom stereocenters. The first-order valence-corrected chi connectivity index (χ1v) is 9.86. The minimum Gasteiger partial charge on any atom is -0.378 e. The number of morpholine rings is 1. The van der Waals surface area contributed by atoms with E-state index in [-0.39, 0.29) is 17.6 Å². The van der Waals surface area contributed by atoms with Gasteiger partial charge in [0.2, 0.25) is 5.91 Å². The molecule has 2 heterocycles. The summed E-state index contributed by atoms with van der Waals surface area (Å²) in [6, 6.07) is 0.451. The van der Waals surface area contributed by atoms with Crippen LogP contribution in [-0.4, -0.2) is 98.9 Å². The number of carbonyl (C=O) groups is 1. The molecule has 0 radical (unpaired) electrons. The molecule has 0 N–H and O–H groups in total. The second-order valence-electron chi connectivity index (χ2n) is 8.19. The van der Waals surface area contributed by atoms with Crippen molar-refractivity contribution in [3.8, 4) is 0 Å². The number of hydrogen-bond donors (Lipinski definition) is 0. The highest BCUT2D eigenvalue weighted by Gasteiger charge is 2.41. The van der Waals surface area contributed by atoms with Crippen molar-refractivity contribution in [2.75, 3.05) is 60.5 Å². The first-order valence-electron chi connectivity index (χ1n) is 9.86. The van der Waals surface area contributed by atoms with Gasteiger partial charge in [-0.2, -0.15) is 0 Å². The maximum Gasteiger partial charge on any atom is 0.225 e. The molecule has 6 heteroatoms. The van der Waals surface area contributed by atoms with Crippen LogP contribution < -0.4 is 0 Å². The predicted octanol–water partition coefficient (Wildman–Crippen LogP) is 1.20. The fourth-order valence-electron chi connectivity index (χ4n) is 4.43. The second-order valence-corrected chi connectivity index (χ2v) is 8.19. The lowest BCUT2D eigenvalue weighted by Crippen LogP contribution is -2.52. The van der Waals surface area contributed by atoms with E-state index in [1.54, 1.807) is 7.11 Å². The Bertz CT molecular complexity index is 448. The molecule has 2 aliphatic heterocycles. The summed E-state index contributed by atoms with van der Waals surface area (Å²) in [6.45, 7) is 5.65. The van der Waals surface area contributed by atoms with Crippen LogP contribution in [0.4, 0.5) is 0 Å². The van der Waals surface area contributed by atoms with E-state index in [1.807, 2.05) is 0 Å². The molecule has 6 nitrogen and oxygen atoms in total. The van der Waals surface area contributed by atoms with Gasteiger partial charge in [0.05, 0.1) is 24.7 Å². The van der Waals surface area contributed by atoms with E-state index in [9.17, 15) is 4.79 Å². The Morgan fingerprint density at radius 1 is 1.24 bits per heavy atom. The molecule has 1 amide bonds. The van der Waals surface area contributed by atoms with Crippen molar-refractivity contribution in [3.63, 3.8) is 0 Å². The Morgan fingerprint density at radius 2 is 2.00 bits per heavy atom. The first kappa shape index (κ1) is 19.1. The SMILES string of the molecule is COC1(CC(=O)N2CCC3OCCN(CCN(C)C)C3CC2)CCC1. The molecule has 1 saturated carbocycles. The summed E-state index contributed by atoms with van der Waals surface area (Å²) in [6.07, 6.45) is 6.02. The quantitative estimate of drug-likeness (QED) is 0.718. The average molecular weight is 354 g/mol. The van der Waals surface area contributed by atoms with Crippen LogP contribution in [0.2, 0.25) is 0 Å². The Morgan fingerprint density at radius 3 is 2.64 bits per heavy atom. The average Bonchev–Trinajstić information content (AvgIpc) is 2.79. The molecule has 0 aromatic heterocycles. The highest BCUT2D eigenvalue weighted by Crippen LogP contribution is 2.38. The molecule has 3 fully saturated rings. The highest BCUT2D eigenvalue weighted by atomic mass is 16.5. The molecule has 3 rings (SSSR count). The Labute approximate surface area is 152 Å². The van der Waals surface area contributed by atoms with Gasteiger partial charge >= 0.3 is 0 Å². The third-order valence-electron chi connectivity index (χ3n) is 6.35. The normalized spacial score (nSPS) is 29.8. The van der Waals surface area contributed by atoms with Gasteiger partial charge in [-0.05, 0) is 46.2 Å². The maximum atomic E-state index is 12.8. The van der Waals surface area contributed by atoms with Crippen LogP contribution in [0.5, 0.6) is 0 Å². The fourth-order valence-corrected chi connectivity index (χ4v) is 4.43. The summed E-state index contributed by atoms with van der Waals surface area (Å²) in [5.74, 6) is 0.264. The van der Waals surface area contributed by atoms with Crippen LogP contribution in [0, 0.1) is 0 Å². The van der Waals surface area contributed by atoms with E-state index in [4.69, 9.17) is 9.47 Å². The van der Waals surface area contributed by atoms with Crippen molar-refractivity contribution in [2.45, 2.75) is 56.3 Å². The minimum atomic E-state index is -0.176. The first-order chi connectivity index (χ1) is 12.0. The van der Waals surface area contributed by atoms with Gasteiger partial charge in [0.25, 0.3) is 0 Å². The van der Waals surface area contributed by atoms with Crippen molar-refractivity contribution >= 4 is 5.91 Å². The number of carbonyl (C=O) groups excluding carboxylic acids is 1. The molecule has 0 aromatic carbocycles. The molecule has 144 valence electrons. The summed E-state index contributed by atoms with van der Waals surface area (Å²) in [7, 11) is 5.99. The van der Waals surface area contributed by atoms with E-state index in [0.717, 1.165) is 65.0 Å². The molecule has 3 aliphatic rings. The number of ether oxygens (including phenoxy) is 2. The van der Waals surface area contributed by atoms with Crippen molar-refractivity contribution < 1.29 is 14.3 Å².